The van der Waals surface area contributed by atoms with Gasteiger partial charge in [0.05, 0.1) is 10.6 Å². The minimum absolute atomic E-state index is 0.0134. The molecule has 0 fully saturated rings. The van der Waals surface area contributed by atoms with Gasteiger partial charge in [-0.2, -0.15) is 0 Å². The molecule has 0 spiro atoms. The molecule has 2 rings (SSSR count). The topological polar surface area (TPSA) is 51.2 Å². The first-order chi connectivity index (χ1) is 10.2. The first-order valence-electron chi connectivity index (χ1n) is 7.02. The van der Waals surface area contributed by atoms with E-state index < -0.39 is 0 Å². The molecule has 112 valence electrons. The third kappa shape index (κ3) is 4.65. The largest absolute Gasteiger partial charge is 0.385 e. The summed E-state index contributed by atoms with van der Waals surface area (Å²) in [5.74, 6) is 0.0134. The van der Waals surface area contributed by atoms with E-state index in [0.717, 1.165) is 29.0 Å². The number of anilines is 1. The highest BCUT2D eigenvalue weighted by Gasteiger charge is 2.11. The second kappa shape index (κ2) is 7.90. The summed E-state index contributed by atoms with van der Waals surface area (Å²) < 4.78 is 4.97. The number of benzene rings is 1. The highest BCUT2D eigenvalue weighted by Crippen LogP contribution is 2.32. The van der Waals surface area contributed by atoms with Crippen LogP contribution in [0.3, 0.4) is 0 Å². The van der Waals surface area contributed by atoms with Crippen LogP contribution in [0.4, 0.5) is 5.13 Å². The van der Waals surface area contributed by atoms with Crippen molar-refractivity contribution in [2.24, 2.45) is 0 Å². The molecule has 0 aliphatic heterocycles. The maximum Gasteiger partial charge on any atom is 0.226 e. The molecule has 1 N–H and O–H groups in total. The highest BCUT2D eigenvalue weighted by atomic mass is 32.1. The quantitative estimate of drug-likeness (QED) is 0.790. The number of amides is 1. The standard InChI is InChI=1S/C16H20N2O2S/c1-12-15(13-8-4-3-5-9-13)21-16(17-12)18-14(19)10-6-7-11-20-2/h3-5,8-9H,6-7,10-11H2,1-2H3,(H,17,18,19). The summed E-state index contributed by atoms with van der Waals surface area (Å²) in [6.45, 7) is 2.66. The van der Waals surface area contributed by atoms with E-state index in [1.807, 2.05) is 25.1 Å². The van der Waals surface area contributed by atoms with Crippen molar-refractivity contribution in [1.82, 2.24) is 4.98 Å². The molecule has 5 heteroatoms. The zero-order valence-electron chi connectivity index (χ0n) is 12.4. The first-order valence-corrected chi connectivity index (χ1v) is 7.84. The lowest BCUT2D eigenvalue weighted by Gasteiger charge is -2.01. The van der Waals surface area contributed by atoms with Crippen LogP contribution in [0.1, 0.15) is 25.0 Å². The van der Waals surface area contributed by atoms with E-state index in [0.29, 0.717) is 18.2 Å². The molecule has 1 aromatic heterocycles. The van der Waals surface area contributed by atoms with E-state index in [2.05, 4.69) is 22.4 Å². The first kappa shape index (κ1) is 15.7. The SMILES string of the molecule is COCCCCC(=O)Nc1nc(C)c(-c2ccccc2)s1. The van der Waals surface area contributed by atoms with Crippen LogP contribution in [-0.2, 0) is 9.53 Å². The molecule has 0 atom stereocenters. The van der Waals surface area contributed by atoms with Gasteiger partial charge in [-0.05, 0) is 25.3 Å². The number of methoxy groups -OCH3 is 1. The van der Waals surface area contributed by atoms with Gasteiger partial charge in [0.2, 0.25) is 5.91 Å². The maximum atomic E-state index is 11.8. The number of aromatic nitrogens is 1. The molecule has 0 radical (unpaired) electrons. The molecule has 1 amide bonds. The van der Waals surface area contributed by atoms with Crippen LogP contribution < -0.4 is 5.32 Å². The molecule has 2 aromatic rings. The summed E-state index contributed by atoms with van der Waals surface area (Å²) in [5, 5.41) is 3.55. The van der Waals surface area contributed by atoms with Crippen LogP contribution in [0.15, 0.2) is 30.3 Å². The lowest BCUT2D eigenvalue weighted by molar-refractivity contribution is -0.116. The number of unbranched alkanes of at least 4 members (excludes halogenated alkanes) is 1. The maximum absolute atomic E-state index is 11.8. The van der Waals surface area contributed by atoms with E-state index in [1.165, 1.54) is 11.3 Å². The fourth-order valence-electron chi connectivity index (χ4n) is 2.02. The normalized spacial score (nSPS) is 10.6. The van der Waals surface area contributed by atoms with Crippen molar-refractivity contribution >= 4 is 22.4 Å². The Morgan fingerprint density at radius 1 is 1.29 bits per heavy atom. The zero-order valence-corrected chi connectivity index (χ0v) is 13.2. The van der Waals surface area contributed by atoms with Crippen LogP contribution in [0.25, 0.3) is 10.4 Å². The van der Waals surface area contributed by atoms with Gasteiger partial charge in [-0.3, -0.25) is 4.79 Å². The van der Waals surface area contributed by atoms with Crippen LogP contribution in [-0.4, -0.2) is 24.6 Å². The Hall–Kier alpha value is -1.72. The Bertz CT molecular complexity index is 581. The van der Waals surface area contributed by atoms with Gasteiger partial charge in [0.15, 0.2) is 5.13 Å². The molecular weight excluding hydrogens is 284 g/mol. The molecule has 0 aliphatic carbocycles. The Kier molecular flexibility index (Phi) is 5.90. The van der Waals surface area contributed by atoms with Gasteiger partial charge >= 0.3 is 0 Å². The minimum atomic E-state index is 0.0134. The van der Waals surface area contributed by atoms with Gasteiger partial charge in [-0.15, -0.1) is 0 Å². The smallest absolute Gasteiger partial charge is 0.226 e. The lowest BCUT2D eigenvalue weighted by Crippen LogP contribution is -2.11. The van der Waals surface area contributed by atoms with Crippen LogP contribution in [0.5, 0.6) is 0 Å². The number of hydrogen-bond donors (Lipinski definition) is 1. The van der Waals surface area contributed by atoms with Crippen molar-refractivity contribution in [1.29, 1.82) is 0 Å². The number of carbonyl (C=O) groups is 1. The lowest BCUT2D eigenvalue weighted by atomic mass is 10.2. The summed E-state index contributed by atoms with van der Waals surface area (Å²) in [6, 6.07) is 10.1. The predicted octanol–water partition coefficient (Wildman–Crippen LogP) is 3.87. The Balaban J connectivity index is 1.95. The van der Waals surface area contributed by atoms with Crippen molar-refractivity contribution < 1.29 is 9.53 Å². The number of hydrogen-bond acceptors (Lipinski definition) is 4. The van der Waals surface area contributed by atoms with Crippen LogP contribution in [0, 0.1) is 6.92 Å². The Morgan fingerprint density at radius 3 is 2.76 bits per heavy atom. The summed E-state index contributed by atoms with van der Waals surface area (Å²) in [6.07, 6.45) is 2.23. The van der Waals surface area contributed by atoms with E-state index in [9.17, 15) is 4.79 Å². The van der Waals surface area contributed by atoms with E-state index in [4.69, 9.17) is 4.74 Å². The fraction of sp³-hybridized carbons (Fsp3) is 0.375. The summed E-state index contributed by atoms with van der Waals surface area (Å²) in [5.41, 5.74) is 2.08. The number of rotatable bonds is 7. The molecule has 0 unspecified atom stereocenters. The average Bonchev–Trinajstić information content (AvgIpc) is 2.85. The minimum Gasteiger partial charge on any atom is -0.385 e. The summed E-state index contributed by atoms with van der Waals surface area (Å²) >= 11 is 1.52. The van der Waals surface area contributed by atoms with Crippen molar-refractivity contribution in [3.8, 4) is 10.4 Å². The van der Waals surface area contributed by atoms with E-state index >= 15 is 0 Å². The van der Waals surface area contributed by atoms with Crippen LogP contribution >= 0.6 is 11.3 Å². The van der Waals surface area contributed by atoms with Crippen molar-refractivity contribution in [3.05, 3.63) is 36.0 Å². The van der Waals surface area contributed by atoms with Gasteiger partial charge in [-0.1, -0.05) is 41.7 Å². The molecule has 1 heterocycles. The number of thiazole rings is 1. The van der Waals surface area contributed by atoms with Crippen molar-refractivity contribution in [2.75, 3.05) is 19.0 Å². The summed E-state index contributed by atoms with van der Waals surface area (Å²) in [7, 11) is 1.67. The predicted molar refractivity (Wildman–Crippen MR) is 86.6 cm³/mol. The Labute approximate surface area is 129 Å². The molecule has 21 heavy (non-hydrogen) atoms. The van der Waals surface area contributed by atoms with E-state index in [-0.39, 0.29) is 5.91 Å². The number of aryl methyl sites for hydroxylation is 1. The Morgan fingerprint density at radius 2 is 2.05 bits per heavy atom. The third-order valence-corrected chi connectivity index (χ3v) is 4.20. The van der Waals surface area contributed by atoms with Gasteiger partial charge in [0, 0.05) is 20.1 Å². The van der Waals surface area contributed by atoms with Crippen molar-refractivity contribution in [3.63, 3.8) is 0 Å². The van der Waals surface area contributed by atoms with Gasteiger partial charge in [0.1, 0.15) is 0 Å². The molecule has 0 saturated heterocycles. The second-order valence-corrected chi connectivity index (χ2v) is 5.80. The van der Waals surface area contributed by atoms with Crippen LogP contribution in [0.2, 0.25) is 0 Å². The molecule has 0 saturated carbocycles. The molecule has 4 nitrogen and oxygen atoms in total. The van der Waals surface area contributed by atoms with Gasteiger partial charge in [-0.25, -0.2) is 4.98 Å². The zero-order chi connectivity index (χ0) is 15.1. The fourth-order valence-corrected chi connectivity index (χ4v) is 3.01. The third-order valence-electron chi connectivity index (χ3n) is 3.08. The molecule has 0 aliphatic rings. The summed E-state index contributed by atoms with van der Waals surface area (Å²) in [4.78, 5) is 17.4. The van der Waals surface area contributed by atoms with Gasteiger partial charge in [0.25, 0.3) is 0 Å². The molecule has 1 aromatic carbocycles. The second-order valence-electron chi connectivity index (χ2n) is 4.80. The molecule has 0 bridgehead atoms. The van der Waals surface area contributed by atoms with E-state index in [1.54, 1.807) is 7.11 Å². The number of carbonyl (C=O) groups excluding carboxylic acids is 1. The van der Waals surface area contributed by atoms with Crippen molar-refractivity contribution in [2.45, 2.75) is 26.2 Å². The van der Waals surface area contributed by atoms with Gasteiger partial charge < -0.3 is 10.1 Å². The number of nitrogens with one attached hydrogen (secondary N) is 1. The number of nitrogens with zero attached hydrogens (tertiary/aromatic N) is 1. The molecular formula is C16H20N2O2S. The monoisotopic (exact) mass is 304 g/mol. The highest BCUT2D eigenvalue weighted by molar-refractivity contribution is 7.19. The number of ether oxygens (including phenoxy) is 1. The average molecular weight is 304 g/mol.